The topological polar surface area (TPSA) is 38.3 Å². The summed E-state index contributed by atoms with van der Waals surface area (Å²) in [6.45, 7) is 6.94. The zero-order chi connectivity index (χ0) is 15.1. The molecule has 20 heavy (non-hydrogen) atoms. The molecule has 0 saturated carbocycles. The highest BCUT2D eigenvalue weighted by Crippen LogP contribution is 2.21. The lowest BCUT2D eigenvalue weighted by atomic mass is 9.99. The van der Waals surface area contributed by atoms with Gasteiger partial charge in [-0.1, -0.05) is 54.2 Å². The second-order valence-electron chi connectivity index (χ2n) is 5.01. The standard InChI is InChI=1S/C16H24BrNO2/c1-5-12(6-2)14(17)10-18-16(19)13-9-11(3)7-8-15(13)20-4/h7-9,12,14H,5-6,10H2,1-4H3,(H,18,19). The molecule has 1 aromatic rings. The Bertz CT molecular complexity index is 444. The summed E-state index contributed by atoms with van der Waals surface area (Å²) in [7, 11) is 1.58. The molecule has 0 aliphatic carbocycles. The minimum Gasteiger partial charge on any atom is -0.496 e. The number of methoxy groups -OCH3 is 1. The van der Waals surface area contributed by atoms with E-state index in [4.69, 9.17) is 4.74 Å². The van der Waals surface area contributed by atoms with Crippen LogP contribution in [0.2, 0.25) is 0 Å². The summed E-state index contributed by atoms with van der Waals surface area (Å²) >= 11 is 3.67. The van der Waals surface area contributed by atoms with Crippen molar-refractivity contribution in [3.05, 3.63) is 29.3 Å². The van der Waals surface area contributed by atoms with Gasteiger partial charge in [-0.15, -0.1) is 0 Å². The predicted molar refractivity (Wildman–Crippen MR) is 86.9 cm³/mol. The maximum Gasteiger partial charge on any atom is 0.255 e. The average Bonchev–Trinajstić information content (AvgIpc) is 2.46. The number of ether oxygens (including phenoxy) is 1. The van der Waals surface area contributed by atoms with Crippen molar-refractivity contribution in [3.63, 3.8) is 0 Å². The molecule has 1 aromatic carbocycles. The summed E-state index contributed by atoms with van der Waals surface area (Å²) in [5, 5.41) is 2.98. The lowest BCUT2D eigenvalue weighted by Gasteiger charge is -2.20. The van der Waals surface area contributed by atoms with Crippen molar-refractivity contribution in [1.29, 1.82) is 0 Å². The fraction of sp³-hybridized carbons (Fsp3) is 0.562. The second-order valence-corrected chi connectivity index (χ2v) is 6.18. The normalized spacial score (nSPS) is 12.3. The van der Waals surface area contributed by atoms with E-state index in [0.717, 1.165) is 18.4 Å². The minimum atomic E-state index is -0.0824. The van der Waals surface area contributed by atoms with Crippen LogP contribution in [0.1, 0.15) is 42.6 Å². The van der Waals surface area contributed by atoms with Crippen LogP contribution >= 0.6 is 15.9 Å². The van der Waals surface area contributed by atoms with Gasteiger partial charge in [0.25, 0.3) is 5.91 Å². The van der Waals surface area contributed by atoms with E-state index in [1.807, 2.05) is 25.1 Å². The largest absolute Gasteiger partial charge is 0.496 e. The van der Waals surface area contributed by atoms with Gasteiger partial charge < -0.3 is 10.1 Å². The third-order valence-electron chi connectivity index (χ3n) is 3.62. The summed E-state index contributed by atoms with van der Waals surface area (Å²) in [6.07, 6.45) is 2.21. The van der Waals surface area contributed by atoms with Gasteiger partial charge in [0.1, 0.15) is 5.75 Å². The molecule has 0 saturated heterocycles. The van der Waals surface area contributed by atoms with Crippen LogP contribution in [0.15, 0.2) is 18.2 Å². The van der Waals surface area contributed by atoms with Crippen LogP contribution in [0, 0.1) is 12.8 Å². The van der Waals surface area contributed by atoms with Gasteiger partial charge in [0, 0.05) is 11.4 Å². The fourth-order valence-corrected chi connectivity index (χ4v) is 3.16. The van der Waals surface area contributed by atoms with Gasteiger partial charge in [-0.05, 0) is 25.0 Å². The zero-order valence-corrected chi connectivity index (χ0v) is 14.3. The van der Waals surface area contributed by atoms with E-state index in [-0.39, 0.29) is 5.91 Å². The van der Waals surface area contributed by atoms with Crippen LogP contribution in [0.25, 0.3) is 0 Å². The molecule has 0 fully saturated rings. The van der Waals surface area contributed by atoms with E-state index < -0.39 is 0 Å². The molecule has 0 aliphatic rings. The maximum absolute atomic E-state index is 12.3. The number of amides is 1. The molecule has 0 heterocycles. The molecule has 0 aliphatic heterocycles. The van der Waals surface area contributed by atoms with Crippen LogP contribution < -0.4 is 10.1 Å². The Hall–Kier alpha value is -1.03. The molecule has 4 heteroatoms. The number of aryl methyl sites for hydroxylation is 1. The number of halogens is 1. The number of benzene rings is 1. The molecule has 0 spiro atoms. The minimum absolute atomic E-state index is 0.0824. The molecule has 1 N–H and O–H groups in total. The van der Waals surface area contributed by atoms with Crippen LogP contribution in [0.3, 0.4) is 0 Å². The predicted octanol–water partition coefficient (Wildman–Crippen LogP) is 3.93. The van der Waals surface area contributed by atoms with Gasteiger partial charge in [0.05, 0.1) is 12.7 Å². The van der Waals surface area contributed by atoms with E-state index in [1.165, 1.54) is 0 Å². The number of rotatable bonds is 7. The van der Waals surface area contributed by atoms with E-state index in [0.29, 0.717) is 28.6 Å². The molecule has 1 atom stereocenters. The Morgan fingerprint density at radius 2 is 2.00 bits per heavy atom. The van der Waals surface area contributed by atoms with E-state index in [1.54, 1.807) is 7.11 Å². The SMILES string of the molecule is CCC(CC)C(Br)CNC(=O)c1cc(C)ccc1OC. The van der Waals surface area contributed by atoms with Crippen LogP contribution in [0.4, 0.5) is 0 Å². The summed E-state index contributed by atoms with van der Waals surface area (Å²) < 4.78 is 5.25. The molecular formula is C16H24BrNO2. The van der Waals surface area contributed by atoms with E-state index >= 15 is 0 Å². The molecule has 112 valence electrons. The van der Waals surface area contributed by atoms with Gasteiger partial charge in [0.2, 0.25) is 0 Å². The van der Waals surface area contributed by atoms with Crippen LogP contribution in [-0.2, 0) is 0 Å². The third-order valence-corrected chi connectivity index (χ3v) is 4.69. The molecule has 1 unspecified atom stereocenters. The first-order valence-electron chi connectivity index (χ1n) is 7.10. The van der Waals surface area contributed by atoms with Crippen molar-refractivity contribution in [1.82, 2.24) is 5.32 Å². The molecule has 0 bridgehead atoms. The van der Waals surface area contributed by atoms with Crippen molar-refractivity contribution in [2.45, 2.75) is 38.4 Å². The highest BCUT2D eigenvalue weighted by molar-refractivity contribution is 9.09. The maximum atomic E-state index is 12.3. The highest BCUT2D eigenvalue weighted by atomic mass is 79.9. The number of hydrogen-bond donors (Lipinski definition) is 1. The van der Waals surface area contributed by atoms with E-state index in [2.05, 4.69) is 35.1 Å². The second kappa shape index (κ2) is 8.30. The summed E-state index contributed by atoms with van der Waals surface area (Å²) in [4.78, 5) is 12.6. The molecule has 3 nitrogen and oxygen atoms in total. The van der Waals surface area contributed by atoms with Gasteiger partial charge in [-0.25, -0.2) is 0 Å². The van der Waals surface area contributed by atoms with Gasteiger partial charge in [-0.2, -0.15) is 0 Å². The first-order valence-corrected chi connectivity index (χ1v) is 8.01. The Morgan fingerprint density at radius 3 is 2.55 bits per heavy atom. The lowest BCUT2D eigenvalue weighted by molar-refractivity contribution is 0.0949. The summed E-state index contributed by atoms with van der Waals surface area (Å²) in [5.74, 6) is 1.11. The Labute approximate surface area is 130 Å². The first kappa shape index (κ1) is 17.0. The van der Waals surface area contributed by atoms with Crippen molar-refractivity contribution in [2.75, 3.05) is 13.7 Å². The van der Waals surface area contributed by atoms with Gasteiger partial charge in [-0.3, -0.25) is 4.79 Å². The van der Waals surface area contributed by atoms with Crippen LogP contribution in [0.5, 0.6) is 5.75 Å². The van der Waals surface area contributed by atoms with Crippen molar-refractivity contribution in [3.8, 4) is 5.75 Å². The van der Waals surface area contributed by atoms with Crippen molar-refractivity contribution < 1.29 is 9.53 Å². The Kier molecular flexibility index (Phi) is 7.06. The zero-order valence-electron chi connectivity index (χ0n) is 12.7. The molecule has 0 aromatic heterocycles. The van der Waals surface area contributed by atoms with Crippen molar-refractivity contribution >= 4 is 21.8 Å². The smallest absolute Gasteiger partial charge is 0.255 e. The quantitative estimate of drug-likeness (QED) is 0.763. The number of carbonyl (C=O) groups excluding carboxylic acids is 1. The summed E-state index contributed by atoms with van der Waals surface area (Å²) in [5.41, 5.74) is 1.64. The third kappa shape index (κ3) is 4.51. The lowest BCUT2D eigenvalue weighted by Crippen LogP contribution is -2.33. The highest BCUT2D eigenvalue weighted by Gasteiger charge is 2.18. The van der Waals surface area contributed by atoms with Gasteiger partial charge in [0.15, 0.2) is 0 Å². The molecule has 1 rings (SSSR count). The molecule has 0 radical (unpaired) electrons. The number of hydrogen-bond acceptors (Lipinski definition) is 2. The van der Waals surface area contributed by atoms with Crippen molar-refractivity contribution in [2.24, 2.45) is 5.92 Å². The Morgan fingerprint density at radius 1 is 1.35 bits per heavy atom. The number of alkyl halides is 1. The number of carbonyl (C=O) groups is 1. The first-order chi connectivity index (χ1) is 9.53. The molecular weight excluding hydrogens is 318 g/mol. The fourth-order valence-electron chi connectivity index (χ4n) is 2.25. The number of nitrogens with one attached hydrogen (secondary N) is 1. The van der Waals surface area contributed by atoms with Crippen LogP contribution in [-0.4, -0.2) is 24.4 Å². The average molecular weight is 342 g/mol. The molecule has 1 amide bonds. The van der Waals surface area contributed by atoms with Gasteiger partial charge >= 0.3 is 0 Å². The monoisotopic (exact) mass is 341 g/mol. The van der Waals surface area contributed by atoms with E-state index in [9.17, 15) is 4.79 Å². The Balaban J connectivity index is 2.70. The summed E-state index contributed by atoms with van der Waals surface area (Å²) in [6, 6.07) is 5.62.